The largest absolute Gasteiger partial charge is 0.321 e. The van der Waals surface area contributed by atoms with Gasteiger partial charge < -0.3 is 4.90 Å². The van der Waals surface area contributed by atoms with Gasteiger partial charge >= 0.3 is 0 Å². The molecule has 3 rings (SSSR count). The Bertz CT molecular complexity index is 386. The van der Waals surface area contributed by atoms with Crippen molar-refractivity contribution in [3.8, 4) is 0 Å². The summed E-state index contributed by atoms with van der Waals surface area (Å²) in [6.07, 6.45) is 5.40. The van der Waals surface area contributed by atoms with Crippen LogP contribution in [0, 0.1) is 5.92 Å². The Morgan fingerprint density at radius 2 is 2.35 bits per heavy atom. The van der Waals surface area contributed by atoms with Crippen molar-refractivity contribution in [3.63, 3.8) is 0 Å². The van der Waals surface area contributed by atoms with Gasteiger partial charge in [-0.1, -0.05) is 25.3 Å². The molecule has 1 saturated carbocycles. The molecular formula is C13H18N2OS. The molecule has 1 aromatic heterocycles. The first-order valence-electron chi connectivity index (χ1n) is 6.41. The molecule has 1 aliphatic heterocycles. The zero-order valence-electron chi connectivity index (χ0n) is 9.89. The van der Waals surface area contributed by atoms with Crippen molar-refractivity contribution in [1.29, 1.82) is 0 Å². The first kappa shape index (κ1) is 11.2. The number of hydrogen-bond donors (Lipinski definition) is 1. The van der Waals surface area contributed by atoms with E-state index < -0.39 is 0 Å². The van der Waals surface area contributed by atoms with Gasteiger partial charge in [-0.25, -0.2) is 0 Å². The van der Waals surface area contributed by atoms with Gasteiger partial charge in [-0.2, -0.15) is 0 Å². The van der Waals surface area contributed by atoms with E-state index in [-0.39, 0.29) is 12.1 Å². The fraction of sp³-hybridized carbons (Fsp3) is 0.615. The molecule has 1 N–H and O–H groups in total. The maximum Gasteiger partial charge on any atom is 0.238 e. The summed E-state index contributed by atoms with van der Waals surface area (Å²) in [6.45, 7) is 1.41. The fourth-order valence-electron chi connectivity index (χ4n) is 2.60. The lowest BCUT2D eigenvalue weighted by molar-refractivity contribution is -0.128. The molecule has 0 bridgehead atoms. The second-order valence-corrected chi connectivity index (χ2v) is 5.95. The number of amides is 1. The summed E-state index contributed by atoms with van der Waals surface area (Å²) in [5, 5.41) is 5.38. The van der Waals surface area contributed by atoms with Crippen LogP contribution < -0.4 is 5.32 Å². The summed E-state index contributed by atoms with van der Waals surface area (Å²) >= 11 is 1.72. The molecular weight excluding hydrogens is 232 g/mol. The third-order valence-corrected chi connectivity index (χ3v) is 4.82. The molecule has 92 valence electrons. The zero-order valence-corrected chi connectivity index (χ0v) is 10.7. The monoisotopic (exact) mass is 250 g/mol. The summed E-state index contributed by atoms with van der Waals surface area (Å²) in [5.41, 5.74) is 0. The number of rotatable bonds is 4. The first-order valence-corrected chi connectivity index (χ1v) is 7.29. The summed E-state index contributed by atoms with van der Waals surface area (Å²) < 4.78 is 0. The van der Waals surface area contributed by atoms with E-state index in [9.17, 15) is 4.79 Å². The number of thiophene rings is 1. The van der Waals surface area contributed by atoms with Gasteiger partial charge in [0.2, 0.25) is 5.91 Å². The molecule has 2 fully saturated rings. The van der Waals surface area contributed by atoms with Gasteiger partial charge in [0, 0.05) is 11.4 Å². The van der Waals surface area contributed by atoms with Gasteiger partial charge in [0.05, 0.1) is 6.54 Å². The Labute approximate surface area is 106 Å². The van der Waals surface area contributed by atoms with Crippen LogP contribution in [0.15, 0.2) is 17.5 Å². The lowest BCUT2D eigenvalue weighted by atomic mass is 9.83. The Balaban J connectivity index is 1.64. The highest BCUT2D eigenvalue weighted by atomic mass is 32.1. The SMILES string of the molecule is O=C1CNC(c2cccs2)N1CCC1CCC1. The zero-order chi connectivity index (χ0) is 11.7. The van der Waals surface area contributed by atoms with Crippen molar-refractivity contribution in [2.75, 3.05) is 13.1 Å². The van der Waals surface area contributed by atoms with Crippen LogP contribution in [0.1, 0.15) is 36.7 Å². The number of hydrogen-bond acceptors (Lipinski definition) is 3. The smallest absolute Gasteiger partial charge is 0.238 e. The molecule has 0 aromatic carbocycles. The van der Waals surface area contributed by atoms with Crippen LogP contribution in [0.2, 0.25) is 0 Å². The molecule has 1 amide bonds. The quantitative estimate of drug-likeness (QED) is 0.889. The minimum Gasteiger partial charge on any atom is -0.321 e. The molecule has 17 heavy (non-hydrogen) atoms. The van der Waals surface area contributed by atoms with Crippen LogP contribution in [0.5, 0.6) is 0 Å². The van der Waals surface area contributed by atoms with Crippen molar-refractivity contribution >= 4 is 17.2 Å². The molecule has 1 saturated heterocycles. The van der Waals surface area contributed by atoms with Crippen LogP contribution >= 0.6 is 11.3 Å². The Kier molecular flexibility index (Phi) is 3.16. The molecule has 0 spiro atoms. The summed E-state index contributed by atoms with van der Waals surface area (Å²) in [5.74, 6) is 1.12. The Morgan fingerprint density at radius 3 is 3.00 bits per heavy atom. The molecule has 3 nitrogen and oxygen atoms in total. The maximum absolute atomic E-state index is 11.9. The van der Waals surface area contributed by atoms with E-state index in [1.807, 2.05) is 4.90 Å². The number of carbonyl (C=O) groups excluding carboxylic acids is 1. The van der Waals surface area contributed by atoms with Crippen molar-refractivity contribution in [2.24, 2.45) is 5.92 Å². The predicted molar refractivity (Wildman–Crippen MR) is 68.7 cm³/mol. The minimum absolute atomic E-state index is 0.127. The summed E-state index contributed by atoms with van der Waals surface area (Å²) in [7, 11) is 0. The fourth-order valence-corrected chi connectivity index (χ4v) is 3.41. The third kappa shape index (κ3) is 2.24. The Hall–Kier alpha value is -0.870. The minimum atomic E-state index is 0.127. The van der Waals surface area contributed by atoms with Crippen molar-refractivity contribution in [3.05, 3.63) is 22.4 Å². The average Bonchev–Trinajstić information content (AvgIpc) is 2.86. The molecule has 4 heteroatoms. The lowest BCUT2D eigenvalue weighted by Crippen LogP contribution is -2.32. The number of nitrogens with one attached hydrogen (secondary N) is 1. The number of nitrogens with zero attached hydrogens (tertiary/aromatic N) is 1. The molecule has 2 aliphatic rings. The van der Waals surface area contributed by atoms with E-state index in [0.717, 1.165) is 12.5 Å². The molecule has 1 aromatic rings. The van der Waals surface area contributed by atoms with Crippen LogP contribution in [-0.2, 0) is 4.79 Å². The highest BCUT2D eigenvalue weighted by molar-refractivity contribution is 7.10. The Morgan fingerprint density at radius 1 is 1.47 bits per heavy atom. The van der Waals surface area contributed by atoms with E-state index in [1.54, 1.807) is 11.3 Å². The van der Waals surface area contributed by atoms with E-state index in [4.69, 9.17) is 0 Å². The molecule has 1 unspecified atom stereocenters. The molecule has 1 atom stereocenters. The van der Waals surface area contributed by atoms with E-state index >= 15 is 0 Å². The predicted octanol–water partition coefficient (Wildman–Crippen LogP) is 2.37. The topological polar surface area (TPSA) is 32.3 Å². The van der Waals surface area contributed by atoms with Gasteiger partial charge in [0.1, 0.15) is 6.17 Å². The molecule has 0 radical (unpaired) electrons. The van der Waals surface area contributed by atoms with Crippen LogP contribution in [0.4, 0.5) is 0 Å². The van der Waals surface area contributed by atoms with E-state index in [2.05, 4.69) is 22.8 Å². The van der Waals surface area contributed by atoms with Gasteiger partial charge in [0.25, 0.3) is 0 Å². The first-order chi connectivity index (χ1) is 8.34. The molecule has 2 heterocycles. The average molecular weight is 250 g/mol. The van der Waals surface area contributed by atoms with Gasteiger partial charge in [-0.3, -0.25) is 10.1 Å². The maximum atomic E-state index is 11.9. The molecule has 1 aliphatic carbocycles. The highest BCUT2D eigenvalue weighted by Crippen LogP contribution is 2.32. The van der Waals surface area contributed by atoms with Gasteiger partial charge in [-0.15, -0.1) is 11.3 Å². The van der Waals surface area contributed by atoms with Crippen LogP contribution in [0.25, 0.3) is 0 Å². The second-order valence-electron chi connectivity index (χ2n) is 4.97. The van der Waals surface area contributed by atoms with E-state index in [1.165, 1.54) is 30.6 Å². The van der Waals surface area contributed by atoms with Crippen molar-refractivity contribution in [2.45, 2.75) is 31.8 Å². The van der Waals surface area contributed by atoms with E-state index in [0.29, 0.717) is 6.54 Å². The lowest BCUT2D eigenvalue weighted by Gasteiger charge is -2.29. The van der Waals surface area contributed by atoms with Crippen molar-refractivity contribution < 1.29 is 4.79 Å². The van der Waals surface area contributed by atoms with Gasteiger partial charge in [0.15, 0.2) is 0 Å². The second kappa shape index (κ2) is 4.78. The summed E-state index contributed by atoms with van der Waals surface area (Å²) in [6, 6.07) is 4.16. The van der Waals surface area contributed by atoms with Crippen LogP contribution in [0.3, 0.4) is 0 Å². The van der Waals surface area contributed by atoms with Crippen molar-refractivity contribution in [1.82, 2.24) is 10.2 Å². The highest BCUT2D eigenvalue weighted by Gasteiger charge is 2.32. The summed E-state index contributed by atoms with van der Waals surface area (Å²) in [4.78, 5) is 15.1. The standard InChI is InChI=1S/C13H18N2OS/c16-12-9-14-13(11-5-2-8-17-11)15(12)7-6-10-3-1-4-10/h2,5,8,10,13-14H,1,3-4,6-7,9H2. The van der Waals surface area contributed by atoms with Crippen LogP contribution in [-0.4, -0.2) is 23.9 Å². The normalized spacial score (nSPS) is 25.3. The number of carbonyl (C=O) groups is 1. The van der Waals surface area contributed by atoms with Gasteiger partial charge in [-0.05, 0) is 23.8 Å². The third-order valence-electron chi connectivity index (χ3n) is 3.89.